The van der Waals surface area contributed by atoms with Gasteiger partial charge in [0.25, 0.3) is 0 Å². The molecular formula is C17H26N4O. The number of amides is 1. The van der Waals surface area contributed by atoms with Gasteiger partial charge < -0.3 is 16.0 Å². The molecule has 1 amide bonds. The molecule has 1 aliphatic carbocycles. The van der Waals surface area contributed by atoms with Crippen LogP contribution in [0.15, 0.2) is 29.3 Å². The topological polar surface area (TPSA) is 65.5 Å². The van der Waals surface area contributed by atoms with Crippen LogP contribution in [0.1, 0.15) is 39.2 Å². The number of hydrogen-bond donors (Lipinski definition) is 3. The van der Waals surface area contributed by atoms with Crippen molar-refractivity contribution >= 4 is 17.6 Å². The number of carbonyl (C=O) groups excluding carboxylic acids is 1. The maximum atomic E-state index is 11.6. The first-order valence-corrected chi connectivity index (χ1v) is 8.03. The van der Waals surface area contributed by atoms with Crippen molar-refractivity contribution < 1.29 is 4.79 Å². The van der Waals surface area contributed by atoms with Crippen molar-refractivity contribution in [2.24, 2.45) is 10.9 Å². The van der Waals surface area contributed by atoms with Crippen molar-refractivity contribution in [1.82, 2.24) is 10.6 Å². The zero-order valence-corrected chi connectivity index (χ0v) is 13.6. The van der Waals surface area contributed by atoms with Crippen molar-refractivity contribution in [1.29, 1.82) is 0 Å². The van der Waals surface area contributed by atoms with E-state index in [1.165, 1.54) is 12.8 Å². The van der Waals surface area contributed by atoms with Gasteiger partial charge in [-0.05, 0) is 37.5 Å². The molecule has 0 spiro atoms. The van der Waals surface area contributed by atoms with Gasteiger partial charge in [-0.25, -0.2) is 4.99 Å². The van der Waals surface area contributed by atoms with Crippen LogP contribution in [0.2, 0.25) is 0 Å². The number of aliphatic imine (C=N–C) groups is 1. The van der Waals surface area contributed by atoms with E-state index in [9.17, 15) is 4.79 Å². The Hall–Kier alpha value is -2.04. The van der Waals surface area contributed by atoms with E-state index in [4.69, 9.17) is 0 Å². The molecule has 3 N–H and O–H groups in total. The highest BCUT2D eigenvalue weighted by Crippen LogP contribution is 2.18. The molecule has 0 radical (unpaired) electrons. The maximum absolute atomic E-state index is 11.6. The fourth-order valence-electron chi connectivity index (χ4n) is 1.89. The first-order chi connectivity index (χ1) is 10.6. The molecule has 0 aromatic heterocycles. The molecule has 1 aromatic rings. The summed E-state index contributed by atoms with van der Waals surface area (Å²) in [6.45, 7) is 7.32. The van der Waals surface area contributed by atoms with Crippen LogP contribution >= 0.6 is 0 Å². The van der Waals surface area contributed by atoms with E-state index in [-0.39, 0.29) is 11.8 Å². The molecule has 0 unspecified atom stereocenters. The zero-order valence-electron chi connectivity index (χ0n) is 13.6. The normalized spacial score (nSPS) is 14.8. The second-order valence-electron chi connectivity index (χ2n) is 5.95. The van der Waals surface area contributed by atoms with Crippen molar-refractivity contribution in [2.75, 3.05) is 11.9 Å². The number of nitrogens with one attached hydrogen (secondary N) is 3. The Balaban J connectivity index is 1.90. The van der Waals surface area contributed by atoms with Crippen molar-refractivity contribution in [3.05, 3.63) is 29.8 Å². The summed E-state index contributed by atoms with van der Waals surface area (Å²) in [5.74, 6) is 0.900. The quantitative estimate of drug-likeness (QED) is 0.559. The van der Waals surface area contributed by atoms with Gasteiger partial charge in [-0.15, -0.1) is 0 Å². The average molecular weight is 302 g/mol. The molecule has 0 saturated heterocycles. The third kappa shape index (κ3) is 5.39. The minimum absolute atomic E-state index is 0.0135. The van der Waals surface area contributed by atoms with Crippen LogP contribution in [0.3, 0.4) is 0 Å². The molecule has 0 heterocycles. The zero-order chi connectivity index (χ0) is 15.9. The molecule has 5 nitrogen and oxygen atoms in total. The van der Waals surface area contributed by atoms with E-state index in [0.29, 0.717) is 12.6 Å². The van der Waals surface area contributed by atoms with E-state index < -0.39 is 0 Å². The summed E-state index contributed by atoms with van der Waals surface area (Å²) in [6.07, 6.45) is 2.46. The van der Waals surface area contributed by atoms with Crippen molar-refractivity contribution in [3.8, 4) is 0 Å². The monoisotopic (exact) mass is 302 g/mol. The minimum atomic E-state index is -0.0135. The van der Waals surface area contributed by atoms with E-state index in [2.05, 4.69) is 27.9 Å². The summed E-state index contributed by atoms with van der Waals surface area (Å²) in [6, 6.07) is 8.44. The number of anilines is 1. The SMILES string of the molecule is CCNC(=NCc1ccc(NC(=O)C(C)C)cc1)NC1CC1. The van der Waals surface area contributed by atoms with E-state index in [1.54, 1.807) is 0 Å². The van der Waals surface area contributed by atoms with Crippen LogP contribution in [-0.4, -0.2) is 24.5 Å². The average Bonchev–Trinajstić information content (AvgIpc) is 3.30. The summed E-state index contributed by atoms with van der Waals surface area (Å²) < 4.78 is 0. The Morgan fingerprint density at radius 3 is 2.50 bits per heavy atom. The molecule has 1 fully saturated rings. The summed E-state index contributed by atoms with van der Waals surface area (Å²) >= 11 is 0. The molecule has 5 heteroatoms. The molecule has 22 heavy (non-hydrogen) atoms. The molecule has 1 saturated carbocycles. The van der Waals surface area contributed by atoms with E-state index in [0.717, 1.165) is 23.8 Å². The van der Waals surface area contributed by atoms with Gasteiger partial charge in [0.15, 0.2) is 5.96 Å². The first-order valence-electron chi connectivity index (χ1n) is 8.03. The highest BCUT2D eigenvalue weighted by atomic mass is 16.1. The summed E-state index contributed by atoms with van der Waals surface area (Å²) in [7, 11) is 0. The highest BCUT2D eigenvalue weighted by molar-refractivity contribution is 5.92. The largest absolute Gasteiger partial charge is 0.357 e. The fraction of sp³-hybridized carbons (Fsp3) is 0.529. The maximum Gasteiger partial charge on any atom is 0.226 e. The van der Waals surface area contributed by atoms with Gasteiger partial charge in [0.05, 0.1) is 6.54 Å². The number of guanidine groups is 1. The lowest BCUT2D eigenvalue weighted by molar-refractivity contribution is -0.118. The number of nitrogens with zero attached hydrogens (tertiary/aromatic N) is 1. The Morgan fingerprint density at radius 1 is 1.27 bits per heavy atom. The number of carbonyl (C=O) groups is 1. The Bertz CT molecular complexity index is 518. The standard InChI is InChI=1S/C17H26N4O/c1-4-18-17(21-15-9-10-15)19-11-13-5-7-14(8-6-13)20-16(22)12(2)3/h5-8,12,15H,4,9-11H2,1-3H3,(H,20,22)(H2,18,19,21). The summed E-state index contributed by atoms with van der Waals surface area (Å²) in [5, 5.41) is 9.54. The molecule has 0 bridgehead atoms. The summed E-state index contributed by atoms with van der Waals surface area (Å²) in [5.41, 5.74) is 1.95. The van der Waals surface area contributed by atoms with Crippen LogP contribution in [0.25, 0.3) is 0 Å². The Kier molecular flexibility index (Phi) is 5.81. The lowest BCUT2D eigenvalue weighted by atomic mass is 10.2. The second-order valence-corrected chi connectivity index (χ2v) is 5.95. The molecule has 0 aliphatic heterocycles. The van der Waals surface area contributed by atoms with E-state index >= 15 is 0 Å². The van der Waals surface area contributed by atoms with E-state index in [1.807, 2.05) is 38.1 Å². The van der Waals surface area contributed by atoms with Crippen LogP contribution in [0.5, 0.6) is 0 Å². The highest BCUT2D eigenvalue weighted by Gasteiger charge is 2.21. The number of benzene rings is 1. The molecule has 120 valence electrons. The third-order valence-corrected chi connectivity index (χ3v) is 3.43. The lowest BCUT2D eigenvalue weighted by Gasteiger charge is -2.10. The first kappa shape index (κ1) is 16.3. The molecular weight excluding hydrogens is 276 g/mol. The van der Waals surface area contributed by atoms with Gasteiger partial charge in [0.1, 0.15) is 0 Å². The van der Waals surface area contributed by atoms with Gasteiger partial charge in [0, 0.05) is 24.2 Å². The van der Waals surface area contributed by atoms with Gasteiger partial charge in [-0.1, -0.05) is 26.0 Å². The van der Waals surface area contributed by atoms with Crippen LogP contribution in [0, 0.1) is 5.92 Å². The second kappa shape index (κ2) is 7.82. The van der Waals surface area contributed by atoms with Crippen molar-refractivity contribution in [3.63, 3.8) is 0 Å². The minimum Gasteiger partial charge on any atom is -0.357 e. The fourth-order valence-corrected chi connectivity index (χ4v) is 1.89. The molecule has 2 rings (SSSR count). The van der Waals surface area contributed by atoms with Crippen LogP contribution in [-0.2, 0) is 11.3 Å². The smallest absolute Gasteiger partial charge is 0.226 e. The predicted octanol–water partition coefficient (Wildman–Crippen LogP) is 2.50. The molecule has 0 atom stereocenters. The van der Waals surface area contributed by atoms with Crippen LogP contribution < -0.4 is 16.0 Å². The third-order valence-electron chi connectivity index (χ3n) is 3.43. The number of rotatable bonds is 6. The summed E-state index contributed by atoms with van der Waals surface area (Å²) in [4.78, 5) is 16.2. The number of hydrogen-bond acceptors (Lipinski definition) is 2. The lowest BCUT2D eigenvalue weighted by Crippen LogP contribution is -2.38. The molecule has 1 aliphatic rings. The Morgan fingerprint density at radius 2 is 1.95 bits per heavy atom. The van der Waals surface area contributed by atoms with Gasteiger partial charge >= 0.3 is 0 Å². The van der Waals surface area contributed by atoms with Gasteiger partial charge in [0.2, 0.25) is 5.91 Å². The molecule has 1 aromatic carbocycles. The van der Waals surface area contributed by atoms with Gasteiger partial charge in [-0.3, -0.25) is 4.79 Å². The predicted molar refractivity (Wildman–Crippen MR) is 90.9 cm³/mol. The van der Waals surface area contributed by atoms with Crippen LogP contribution in [0.4, 0.5) is 5.69 Å². The van der Waals surface area contributed by atoms with Crippen molar-refractivity contribution in [2.45, 2.75) is 46.2 Å². The Labute approximate surface area is 132 Å². The van der Waals surface area contributed by atoms with Gasteiger partial charge in [-0.2, -0.15) is 0 Å².